The predicted octanol–water partition coefficient (Wildman–Crippen LogP) is 0.466. The molecule has 0 saturated heterocycles. The summed E-state index contributed by atoms with van der Waals surface area (Å²) in [6.45, 7) is 3.05. The van der Waals surface area contributed by atoms with Gasteiger partial charge >= 0.3 is 6.16 Å². The van der Waals surface area contributed by atoms with Gasteiger partial charge in [0.1, 0.15) is 13.2 Å². The topological polar surface area (TPSA) is 72.5 Å². The van der Waals surface area contributed by atoms with Crippen LogP contribution in [-0.4, -0.2) is 73.2 Å². The first kappa shape index (κ1) is 17.1. The average molecular weight is 266 g/mol. The van der Waals surface area contributed by atoms with E-state index in [1.54, 1.807) is 7.11 Å². The largest absolute Gasteiger partial charge is 0.508 e. The van der Waals surface area contributed by atoms with Crippen LogP contribution in [-0.2, 0) is 28.4 Å². The molecular formula is C11H22O7. The van der Waals surface area contributed by atoms with E-state index in [9.17, 15) is 4.79 Å². The molecule has 7 heteroatoms. The fourth-order valence-electron chi connectivity index (χ4n) is 0.898. The maximum absolute atomic E-state index is 10.9. The van der Waals surface area contributed by atoms with Gasteiger partial charge < -0.3 is 28.4 Å². The Hall–Kier alpha value is -0.890. The second-order valence-electron chi connectivity index (χ2n) is 3.16. The van der Waals surface area contributed by atoms with Gasteiger partial charge in [0.2, 0.25) is 0 Å². The Morgan fingerprint density at radius 1 is 0.667 bits per heavy atom. The second-order valence-corrected chi connectivity index (χ2v) is 3.16. The third-order valence-corrected chi connectivity index (χ3v) is 1.76. The Morgan fingerprint density at radius 2 is 1.06 bits per heavy atom. The van der Waals surface area contributed by atoms with Crippen molar-refractivity contribution in [3.63, 3.8) is 0 Å². The van der Waals surface area contributed by atoms with E-state index in [1.807, 2.05) is 0 Å². The number of carbonyl (C=O) groups is 1. The van der Waals surface area contributed by atoms with Crippen molar-refractivity contribution in [3.8, 4) is 0 Å². The van der Waals surface area contributed by atoms with Crippen molar-refractivity contribution in [1.29, 1.82) is 0 Å². The van der Waals surface area contributed by atoms with Crippen molar-refractivity contribution in [2.24, 2.45) is 0 Å². The van der Waals surface area contributed by atoms with Crippen molar-refractivity contribution in [3.05, 3.63) is 0 Å². The van der Waals surface area contributed by atoms with Gasteiger partial charge in [-0.2, -0.15) is 0 Å². The first-order chi connectivity index (χ1) is 8.81. The van der Waals surface area contributed by atoms with Crippen LogP contribution in [0.4, 0.5) is 4.79 Å². The van der Waals surface area contributed by atoms with E-state index < -0.39 is 6.16 Å². The molecule has 0 rings (SSSR count). The molecule has 0 spiro atoms. The minimum Gasteiger partial charge on any atom is -0.432 e. The van der Waals surface area contributed by atoms with Crippen LogP contribution in [0.2, 0.25) is 0 Å². The third-order valence-electron chi connectivity index (χ3n) is 1.76. The van der Waals surface area contributed by atoms with E-state index in [0.29, 0.717) is 39.6 Å². The Labute approximate surface area is 107 Å². The standard InChI is InChI=1S/C11H22O7/c1-13-3-5-15-6-7-16-8-10-18-11(12)17-9-4-14-2/h3-10H2,1-2H3. The van der Waals surface area contributed by atoms with Crippen molar-refractivity contribution in [1.82, 2.24) is 0 Å². The number of hydrogen-bond acceptors (Lipinski definition) is 7. The van der Waals surface area contributed by atoms with Crippen LogP contribution in [0.25, 0.3) is 0 Å². The summed E-state index contributed by atoms with van der Waals surface area (Å²) in [4.78, 5) is 10.9. The van der Waals surface area contributed by atoms with Crippen LogP contribution < -0.4 is 0 Å². The summed E-state index contributed by atoms with van der Waals surface area (Å²) < 4.78 is 29.3. The molecule has 0 aromatic heterocycles. The summed E-state index contributed by atoms with van der Waals surface area (Å²) in [5.41, 5.74) is 0. The zero-order valence-corrected chi connectivity index (χ0v) is 11.0. The van der Waals surface area contributed by atoms with Crippen LogP contribution in [0, 0.1) is 0 Å². The highest BCUT2D eigenvalue weighted by Gasteiger charge is 2.02. The summed E-state index contributed by atoms with van der Waals surface area (Å²) in [6.07, 6.45) is -0.716. The molecule has 0 saturated carbocycles. The van der Waals surface area contributed by atoms with Gasteiger partial charge in [0, 0.05) is 14.2 Å². The van der Waals surface area contributed by atoms with Crippen LogP contribution in [0.3, 0.4) is 0 Å². The van der Waals surface area contributed by atoms with Gasteiger partial charge in [-0.1, -0.05) is 0 Å². The maximum atomic E-state index is 10.9. The average Bonchev–Trinajstić information content (AvgIpc) is 2.37. The number of carbonyl (C=O) groups excluding carboxylic acids is 1. The fourth-order valence-corrected chi connectivity index (χ4v) is 0.898. The number of hydrogen-bond donors (Lipinski definition) is 0. The van der Waals surface area contributed by atoms with Gasteiger partial charge in [-0.25, -0.2) is 4.79 Å². The highest BCUT2D eigenvalue weighted by atomic mass is 16.7. The summed E-state index contributed by atoms with van der Waals surface area (Å²) in [5.74, 6) is 0. The molecule has 0 aromatic rings. The lowest BCUT2D eigenvalue weighted by molar-refractivity contribution is -0.00261. The van der Waals surface area contributed by atoms with Crippen LogP contribution >= 0.6 is 0 Å². The van der Waals surface area contributed by atoms with E-state index in [4.69, 9.17) is 23.7 Å². The molecule has 7 nitrogen and oxygen atoms in total. The van der Waals surface area contributed by atoms with Crippen molar-refractivity contribution in [2.45, 2.75) is 0 Å². The Balaban J connectivity index is 3.08. The van der Waals surface area contributed by atoms with E-state index in [2.05, 4.69) is 4.74 Å². The zero-order valence-electron chi connectivity index (χ0n) is 11.0. The summed E-state index contributed by atoms with van der Waals surface area (Å²) >= 11 is 0. The van der Waals surface area contributed by atoms with Gasteiger partial charge in [-0.3, -0.25) is 0 Å². The smallest absolute Gasteiger partial charge is 0.432 e. The monoisotopic (exact) mass is 266 g/mol. The quantitative estimate of drug-likeness (QED) is 0.375. The van der Waals surface area contributed by atoms with Crippen molar-refractivity contribution in [2.75, 3.05) is 67.1 Å². The SMILES string of the molecule is COCCOCCOCCOC(=O)OCCOC. The normalized spacial score (nSPS) is 10.3. The second kappa shape index (κ2) is 14.2. The number of methoxy groups -OCH3 is 2. The molecular weight excluding hydrogens is 244 g/mol. The van der Waals surface area contributed by atoms with Gasteiger partial charge in [-0.15, -0.1) is 0 Å². The van der Waals surface area contributed by atoms with Crippen LogP contribution in [0.1, 0.15) is 0 Å². The van der Waals surface area contributed by atoms with E-state index >= 15 is 0 Å². The van der Waals surface area contributed by atoms with E-state index in [-0.39, 0.29) is 13.2 Å². The summed E-state index contributed by atoms with van der Waals surface area (Å²) in [6, 6.07) is 0. The van der Waals surface area contributed by atoms with Crippen molar-refractivity contribution >= 4 is 6.16 Å². The summed E-state index contributed by atoms with van der Waals surface area (Å²) in [7, 11) is 3.14. The molecule has 0 heterocycles. The lowest BCUT2D eigenvalue weighted by atomic mass is 10.7. The predicted molar refractivity (Wildman–Crippen MR) is 62.7 cm³/mol. The van der Waals surface area contributed by atoms with Gasteiger partial charge in [0.25, 0.3) is 0 Å². The minimum absolute atomic E-state index is 0.157. The first-order valence-electron chi connectivity index (χ1n) is 5.74. The Kier molecular flexibility index (Phi) is 13.5. The van der Waals surface area contributed by atoms with Crippen LogP contribution in [0.15, 0.2) is 0 Å². The molecule has 0 bridgehead atoms. The highest BCUT2D eigenvalue weighted by Crippen LogP contribution is 1.87. The molecule has 18 heavy (non-hydrogen) atoms. The molecule has 0 aliphatic carbocycles. The molecule has 0 amide bonds. The molecule has 108 valence electrons. The van der Waals surface area contributed by atoms with Crippen molar-refractivity contribution < 1.29 is 33.2 Å². The molecule has 0 unspecified atom stereocenters. The summed E-state index contributed by atoms with van der Waals surface area (Å²) in [5, 5.41) is 0. The van der Waals surface area contributed by atoms with E-state index in [0.717, 1.165) is 0 Å². The zero-order chi connectivity index (χ0) is 13.5. The molecule has 0 aromatic carbocycles. The Bertz CT molecular complexity index is 186. The van der Waals surface area contributed by atoms with E-state index in [1.165, 1.54) is 7.11 Å². The molecule has 0 aliphatic rings. The third kappa shape index (κ3) is 13.2. The lowest BCUT2D eigenvalue weighted by Gasteiger charge is -2.07. The van der Waals surface area contributed by atoms with Gasteiger partial charge in [0.15, 0.2) is 0 Å². The fraction of sp³-hybridized carbons (Fsp3) is 0.909. The molecule has 0 fully saturated rings. The lowest BCUT2D eigenvalue weighted by Crippen LogP contribution is -2.16. The molecule has 0 aliphatic heterocycles. The highest BCUT2D eigenvalue weighted by molar-refractivity contribution is 5.59. The molecule has 0 radical (unpaired) electrons. The maximum Gasteiger partial charge on any atom is 0.508 e. The van der Waals surface area contributed by atoms with Gasteiger partial charge in [0.05, 0.1) is 39.6 Å². The molecule has 0 N–H and O–H groups in total. The first-order valence-corrected chi connectivity index (χ1v) is 5.74. The van der Waals surface area contributed by atoms with Gasteiger partial charge in [-0.05, 0) is 0 Å². The number of ether oxygens (including phenoxy) is 6. The molecule has 0 atom stereocenters. The minimum atomic E-state index is -0.716. The number of rotatable bonds is 12. The Morgan fingerprint density at radius 3 is 1.61 bits per heavy atom. The van der Waals surface area contributed by atoms with Crippen LogP contribution in [0.5, 0.6) is 0 Å².